The number of pyridine rings is 1. The van der Waals surface area contributed by atoms with E-state index in [-0.39, 0.29) is 11.3 Å². The first kappa shape index (κ1) is 23.3. The smallest absolute Gasteiger partial charge is 0.255 e. The standard InChI is InChI=1S/C19H19FN8OS.CH4O/c1-12(21)30-9-8-28-26-18(25-27-28)13-2-4-15(5-3-13)29-19-16(20)10-14(11-22-19)17-6-7-23-24-17;1-2/h2-7,10-12H,8-9,21H2,1H3,(H,23,24);2H,1H3. The zero-order valence-corrected chi connectivity index (χ0v) is 18.3. The first-order valence-electron chi connectivity index (χ1n) is 9.62. The number of ether oxygens (including phenoxy) is 1. The fourth-order valence-corrected chi connectivity index (χ4v) is 3.26. The van der Waals surface area contributed by atoms with Crippen molar-refractivity contribution in [2.45, 2.75) is 18.8 Å². The number of aliphatic hydroxyl groups excluding tert-OH is 1. The lowest BCUT2D eigenvalue weighted by molar-refractivity contribution is 0.399. The molecule has 10 nitrogen and oxygen atoms in total. The third-order valence-corrected chi connectivity index (χ3v) is 5.02. The maximum Gasteiger partial charge on any atom is 0.255 e. The van der Waals surface area contributed by atoms with Gasteiger partial charge in [-0.15, -0.1) is 22.0 Å². The van der Waals surface area contributed by atoms with E-state index < -0.39 is 5.82 Å². The van der Waals surface area contributed by atoms with Crippen molar-refractivity contribution in [3.05, 3.63) is 54.6 Å². The van der Waals surface area contributed by atoms with Gasteiger partial charge >= 0.3 is 0 Å². The highest BCUT2D eigenvalue weighted by Crippen LogP contribution is 2.27. The van der Waals surface area contributed by atoms with E-state index in [1.807, 2.05) is 6.92 Å². The van der Waals surface area contributed by atoms with Crippen LogP contribution in [0.15, 0.2) is 48.8 Å². The number of hydrogen-bond acceptors (Lipinski definition) is 9. The summed E-state index contributed by atoms with van der Waals surface area (Å²) in [6.45, 7) is 2.56. The first-order valence-corrected chi connectivity index (χ1v) is 10.7. The number of aliphatic hydroxyl groups is 1. The molecule has 0 spiro atoms. The molecule has 4 rings (SSSR count). The number of benzene rings is 1. The highest BCUT2D eigenvalue weighted by Gasteiger charge is 2.11. The van der Waals surface area contributed by atoms with Crippen LogP contribution in [0.1, 0.15) is 6.92 Å². The number of aromatic amines is 1. The molecule has 3 heterocycles. The minimum absolute atomic E-state index is 0.0709. The Bertz CT molecular complexity index is 1100. The maximum absolute atomic E-state index is 14.4. The van der Waals surface area contributed by atoms with Crippen LogP contribution >= 0.6 is 11.8 Å². The van der Waals surface area contributed by atoms with Crippen molar-refractivity contribution in [3.8, 4) is 34.3 Å². The average molecular weight is 459 g/mol. The SMILES string of the molecule is CC(N)SCCn1nnc(-c2ccc(Oc3ncc(-c4ccn[nH]4)cc3F)cc2)n1.CO. The third-order valence-electron chi connectivity index (χ3n) is 4.07. The molecule has 1 aromatic carbocycles. The van der Waals surface area contributed by atoms with Crippen molar-refractivity contribution in [2.75, 3.05) is 12.9 Å². The van der Waals surface area contributed by atoms with E-state index in [2.05, 4.69) is 30.6 Å². The lowest BCUT2D eigenvalue weighted by Crippen LogP contribution is -2.13. The Morgan fingerprint density at radius 2 is 2.00 bits per heavy atom. The largest absolute Gasteiger partial charge is 0.436 e. The second-order valence-electron chi connectivity index (χ2n) is 6.39. The van der Waals surface area contributed by atoms with Gasteiger partial charge in [-0.05, 0) is 48.5 Å². The van der Waals surface area contributed by atoms with Gasteiger partial charge in [-0.2, -0.15) is 9.90 Å². The van der Waals surface area contributed by atoms with Gasteiger partial charge in [0.2, 0.25) is 5.82 Å². The predicted octanol–water partition coefficient (Wildman–Crippen LogP) is 2.70. The third kappa shape index (κ3) is 6.09. The molecule has 4 N–H and O–H groups in total. The van der Waals surface area contributed by atoms with Crippen LogP contribution in [0.25, 0.3) is 22.6 Å². The normalized spacial score (nSPS) is 11.5. The van der Waals surface area contributed by atoms with E-state index in [0.717, 1.165) is 18.4 Å². The molecule has 0 aliphatic carbocycles. The van der Waals surface area contributed by atoms with E-state index in [9.17, 15) is 4.39 Å². The molecule has 0 bridgehead atoms. The number of halogens is 1. The highest BCUT2D eigenvalue weighted by molar-refractivity contribution is 7.99. The minimum atomic E-state index is -0.569. The van der Waals surface area contributed by atoms with E-state index in [0.29, 0.717) is 29.4 Å². The summed E-state index contributed by atoms with van der Waals surface area (Å²) in [6.07, 6.45) is 3.11. The predicted molar refractivity (Wildman–Crippen MR) is 119 cm³/mol. The van der Waals surface area contributed by atoms with E-state index >= 15 is 0 Å². The van der Waals surface area contributed by atoms with Crippen molar-refractivity contribution in [2.24, 2.45) is 5.73 Å². The highest BCUT2D eigenvalue weighted by atomic mass is 32.2. The van der Waals surface area contributed by atoms with Crippen LogP contribution < -0.4 is 10.5 Å². The molecule has 0 radical (unpaired) electrons. The summed E-state index contributed by atoms with van der Waals surface area (Å²) < 4.78 is 19.9. The van der Waals surface area contributed by atoms with Gasteiger partial charge in [-0.1, -0.05) is 0 Å². The number of aryl methyl sites for hydroxylation is 1. The van der Waals surface area contributed by atoms with Crippen LogP contribution in [0.5, 0.6) is 11.6 Å². The van der Waals surface area contributed by atoms with Crippen LogP contribution in [0.2, 0.25) is 0 Å². The number of nitrogens with zero attached hydrogens (tertiary/aromatic N) is 6. The minimum Gasteiger partial charge on any atom is -0.436 e. The first-order chi connectivity index (χ1) is 15.6. The molecule has 0 saturated carbocycles. The van der Waals surface area contributed by atoms with E-state index in [4.69, 9.17) is 15.6 Å². The van der Waals surface area contributed by atoms with Crippen LogP contribution in [-0.4, -0.2) is 58.7 Å². The Kier molecular flexibility index (Phi) is 8.25. The van der Waals surface area contributed by atoms with Crippen molar-refractivity contribution >= 4 is 11.8 Å². The molecule has 12 heteroatoms. The summed E-state index contributed by atoms with van der Waals surface area (Å²) in [7, 11) is 1.00. The lowest BCUT2D eigenvalue weighted by Gasteiger charge is -2.07. The van der Waals surface area contributed by atoms with E-state index in [1.54, 1.807) is 48.3 Å². The molecule has 0 amide bonds. The summed E-state index contributed by atoms with van der Waals surface area (Å²) in [5.74, 6) is 1.07. The van der Waals surface area contributed by atoms with Gasteiger partial charge in [0.05, 0.1) is 12.2 Å². The lowest BCUT2D eigenvalue weighted by atomic mass is 10.2. The zero-order chi connectivity index (χ0) is 22.9. The molecule has 4 aromatic rings. The quantitative estimate of drug-likeness (QED) is 0.340. The van der Waals surface area contributed by atoms with Gasteiger partial charge in [0.25, 0.3) is 5.88 Å². The molecule has 0 aliphatic heterocycles. The number of H-pyrrole nitrogens is 1. The molecule has 0 fully saturated rings. The molecule has 0 saturated heterocycles. The Morgan fingerprint density at radius 3 is 2.66 bits per heavy atom. The van der Waals surface area contributed by atoms with Crippen LogP contribution in [-0.2, 0) is 6.54 Å². The van der Waals surface area contributed by atoms with Crippen molar-refractivity contribution in [1.29, 1.82) is 0 Å². The zero-order valence-electron chi connectivity index (χ0n) is 17.5. The second kappa shape index (κ2) is 11.3. The van der Waals surface area contributed by atoms with Gasteiger partial charge in [0.15, 0.2) is 5.82 Å². The summed E-state index contributed by atoms with van der Waals surface area (Å²) in [4.78, 5) is 5.60. The summed E-state index contributed by atoms with van der Waals surface area (Å²) in [5.41, 5.74) is 7.75. The van der Waals surface area contributed by atoms with Gasteiger partial charge in [-0.3, -0.25) is 5.10 Å². The number of hydrogen-bond donors (Lipinski definition) is 3. The van der Waals surface area contributed by atoms with Gasteiger partial charge in [0.1, 0.15) is 5.75 Å². The second-order valence-corrected chi connectivity index (χ2v) is 7.88. The Morgan fingerprint density at radius 1 is 1.22 bits per heavy atom. The Labute approximate surface area is 188 Å². The summed E-state index contributed by atoms with van der Waals surface area (Å²) in [5, 5.41) is 26.2. The molecule has 168 valence electrons. The summed E-state index contributed by atoms with van der Waals surface area (Å²) in [6, 6.07) is 10.0. The topological polar surface area (TPSA) is 141 Å². The van der Waals surface area contributed by atoms with Gasteiger partial charge in [0, 0.05) is 41.8 Å². The van der Waals surface area contributed by atoms with Crippen molar-refractivity contribution in [1.82, 2.24) is 35.4 Å². The molecule has 0 aliphatic rings. The fourth-order valence-electron chi connectivity index (χ4n) is 2.62. The Balaban J connectivity index is 0.00000141. The monoisotopic (exact) mass is 458 g/mol. The average Bonchev–Trinajstić information content (AvgIpc) is 3.50. The molecular formula is C20H23FN8O2S. The maximum atomic E-state index is 14.4. The van der Waals surface area contributed by atoms with Crippen LogP contribution in [0, 0.1) is 5.82 Å². The van der Waals surface area contributed by atoms with E-state index in [1.165, 1.54) is 17.1 Å². The number of tetrazole rings is 1. The number of aromatic nitrogens is 7. The molecule has 32 heavy (non-hydrogen) atoms. The molecular weight excluding hydrogens is 435 g/mol. The Hall–Kier alpha value is -3.35. The van der Waals surface area contributed by atoms with Crippen LogP contribution in [0.3, 0.4) is 0 Å². The summed E-state index contributed by atoms with van der Waals surface area (Å²) >= 11 is 1.63. The number of rotatable bonds is 8. The van der Waals surface area contributed by atoms with Crippen LogP contribution in [0.4, 0.5) is 4.39 Å². The molecule has 3 aromatic heterocycles. The van der Waals surface area contributed by atoms with Crippen molar-refractivity contribution in [3.63, 3.8) is 0 Å². The number of nitrogens with one attached hydrogen (secondary N) is 1. The van der Waals surface area contributed by atoms with Crippen molar-refractivity contribution < 1.29 is 14.2 Å². The van der Waals surface area contributed by atoms with Gasteiger partial charge < -0.3 is 15.6 Å². The molecule has 1 atom stereocenters. The molecule has 1 unspecified atom stereocenters. The number of nitrogens with two attached hydrogens (primary N) is 1. The fraction of sp³-hybridized carbons (Fsp3) is 0.250. The van der Waals surface area contributed by atoms with Gasteiger partial charge in [-0.25, -0.2) is 9.37 Å². The number of thioether (sulfide) groups is 1.